The van der Waals surface area contributed by atoms with Crippen LogP contribution in [0.1, 0.15) is 33.1 Å². The molecule has 2 radical (unpaired) electrons. The number of nitrogens with zero attached hydrogens (tertiary/aromatic N) is 3. The Morgan fingerprint density at radius 3 is 2.44 bits per heavy atom. The first-order valence-electron chi connectivity index (χ1n) is 9.63. The van der Waals surface area contributed by atoms with E-state index in [2.05, 4.69) is 23.7 Å². The van der Waals surface area contributed by atoms with Crippen molar-refractivity contribution in [3.05, 3.63) is 18.3 Å². The topological polar surface area (TPSA) is 70.6 Å². The quantitative estimate of drug-likeness (QED) is 0.713. The average Bonchev–Trinajstić information content (AvgIpc) is 2.96. The first-order chi connectivity index (χ1) is 12.7. The maximum absolute atomic E-state index is 13.2. The van der Waals surface area contributed by atoms with Crippen LogP contribution in [0, 0.1) is 16.7 Å². The predicted molar refractivity (Wildman–Crippen MR) is 106 cm³/mol. The second-order valence-electron chi connectivity index (χ2n) is 8.76. The summed E-state index contributed by atoms with van der Waals surface area (Å²) in [6.45, 7) is 6.17. The predicted octanol–water partition coefficient (Wildman–Crippen LogP) is 0.723. The number of sulfonamides is 1. The number of hydrogen-bond acceptors (Lipinski definition) is 5. The number of carbonyl (C=O) groups is 1. The van der Waals surface area contributed by atoms with Crippen molar-refractivity contribution < 1.29 is 13.2 Å². The molecule has 0 amide bonds. The van der Waals surface area contributed by atoms with Crippen LogP contribution in [0.25, 0.3) is 0 Å². The molecule has 2 bridgehead atoms. The van der Waals surface area contributed by atoms with E-state index in [9.17, 15) is 13.2 Å². The zero-order valence-corrected chi connectivity index (χ0v) is 16.8. The highest BCUT2D eigenvalue weighted by atomic mass is 32.2. The van der Waals surface area contributed by atoms with Gasteiger partial charge in [-0.15, -0.1) is 0 Å². The van der Waals surface area contributed by atoms with E-state index >= 15 is 0 Å². The Morgan fingerprint density at radius 1 is 1.22 bits per heavy atom. The molecule has 6 nitrogen and oxygen atoms in total. The molecule has 8 heteroatoms. The van der Waals surface area contributed by atoms with E-state index < -0.39 is 15.4 Å². The minimum Gasteiger partial charge on any atom is -0.354 e. The summed E-state index contributed by atoms with van der Waals surface area (Å²) in [5, 5.41) is 0. The van der Waals surface area contributed by atoms with Crippen LogP contribution in [0.4, 0.5) is 5.82 Å². The van der Waals surface area contributed by atoms with Gasteiger partial charge < -0.3 is 4.90 Å². The number of piperazine rings is 1. The minimum atomic E-state index is -3.48. The molecule has 4 rings (SSSR count). The second-order valence-corrected chi connectivity index (χ2v) is 10.7. The molecule has 3 aliphatic rings. The van der Waals surface area contributed by atoms with E-state index in [1.165, 1.54) is 0 Å². The van der Waals surface area contributed by atoms with E-state index in [4.69, 9.17) is 7.85 Å². The first-order valence-corrected chi connectivity index (χ1v) is 11.2. The Hall–Kier alpha value is -1.41. The van der Waals surface area contributed by atoms with Crippen molar-refractivity contribution in [1.29, 1.82) is 0 Å². The van der Waals surface area contributed by atoms with Crippen LogP contribution in [0.5, 0.6) is 0 Å². The lowest BCUT2D eigenvalue weighted by atomic mass is 9.70. The van der Waals surface area contributed by atoms with Crippen LogP contribution in [0.15, 0.2) is 18.3 Å². The third-order valence-electron chi connectivity index (χ3n) is 7.29. The number of Topliss-reactive ketones (excluding diaryl/α,β-unsaturated/α-hetero) is 1. The van der Waals surface area contributed by atoms with Crippen molar-refractivity contribution in [1.82, 2.24) is 9.29 Å². The average molecular weight is 387 g/mol. The van der Waals surface area contributed by atoms with Crippen LogP contribution < -0.4 is 10.4 Å². The number of carbonyl (C=O) groups excluding carboxylic acids is 1. The van der Waals surface area contributed by atoms with Gasteiger partial charge in [-0.25, -0.2) is 13.4 Å². The first kappa shape index (κ1) is 18.9. The van der Waals surface area contributed by atoms with Gasteiger partial charge in [-0.3, -0.25) is 4.79 Å². The Morgan fingerprint density at radius 2 is 1.93 bits per heavy atom. The van der Waals surface area contributed by atoms with Gasteiger partial charge in [0.25, 0.3) is 0 Å². The van der Waals surface area contributed by atoms with E-state index in [1.807, 2.05) is 6.07 Å². The number of ketones is 1. The summed E-state index contributed by atoms with van der Waals surface area (Å²) in [5.41, 5.74) is -0.322. The summed E-state index contributed by atoms with van der Waals surface area (Å²) >= 11 is 0. The van der Waals surface area contributed by atoms with Crippen LogP contribution in [0.2, 0.25) is 0 Å². The summed E-state index contributed by atoms with van der Waals surface area (Å²) in [6, 6.07) is 3.66. The minimum absolute atomic E-state index is 0.0392. The number of hydrogen-bond donors (Lipinski definition) is 0. The van der Waals surface area contributed by atoms with Crippen LogP contribution in [-0.4, -0.2) is 63.3 Å². The molecule has 1 aromatic rings. The van der Waals surface area contributed by atoms with Gasteiger partial charge in [0.15, 0.2) is 0 Å². The van der Waals surface area contributed by atoms with E-state index in [-0.39, 0.29) is 17.0 Å². The van der Waals surface area contributed by atoms with Crippen molar-refractivity contribution in [2.45, 2.75) is 33.1 Å². The standard InChI is InChI=1S/C19H26BN3O3S/c1-18(2)14-5-6-19(18,16(24)11-14)13-27(25,26)23-9-7-22(8-10-23)17-4-3-15(20)12-21-17/h3-4,12,14H,5-11,13H2,1-2H3/t14-,19-/m1/s1. The smallest absolute Gasteiger partial charge is 0.215 e. The molecule has 0 N–H and O–H groups in total. The van der Waals surface area contributed by atoms with E-state index in [0.717, 1.165) is 12.2 Å². The highest BCUT2D eigenvalue weighted by Gasteiger charge is 2.65. The van der Waals surface area contributed by atoms with Gasteiger partial charge in [0.05, 0.1) is 5.75 Å². The Bertz CT molecular complexity index is 847. The van der Waals surface area contributed by atoms with Crippen molar-refractivity contribution in [3.8, 4) is 0 Å². The molecule has 1 saturated heterocycles. The van der Waals surface area contributed by atoms with Crippen molar-refractivity contribution in [2.75, 3.05) is 36.8 Å². The number of rotatable bonds is 4. The monoisotopic (exact) mass is 387 g/mol. The highest BCUT2D eigenvalue weighted by Crippen LogP contribution is 2.64. The maximum atomic E-state index is 13.2. The maximum Gasteiger partial charge on any atom is 0.215 e. The fourth-order valence-corrected chi connectivity index (χ4v) is 7.49. The van der Waals surface area contributed by atoms with Gasteiger partial charge >= 0.3 is 0 Å². The molecule has 1 aliphatic heterocycles. The van der Waals surface area contributed by atoms with Crippen molar-refractivity contribution >= 4 is 34.9 Å². The molecule has 2 heterocycles. The molecule has 2 aliphatic carbocycles. The van der Waals surface area contributed by atoms with Gasteiger partial charge in [-0.1, -0.05) is 25.4 Å². The zero-order chi connectivity index (χ0) is 19.4. The third-order valence-corrected chi connectivity index (χ3v) is 9.30. The third kappa shape index (κ3) is 2.92. The lowest BCUT2D eigenvalue weighted by Gasteiger charge is -2.40. The van der Waals surface area contributed by atoms with Crippen molar-refractivity contribution in [2.24, 2.45) is 16.7 Å². The largest absolute Gasteiger partial charge is 0.354 e. The fourth-order valence-electron chi connectivity index (χ4n) is 5.29. The summed E-state index contributed by atoms with van der Waals surface area (Å²) in [6.07, 6.45) is 3.82. The van der Waals surface area contributed by atoms with E-state index in [0.29, 0.717) is 50.4 Å². The Balaban J connectivity index is 1.46. The number of pyridine rings is 1. The molecule has 3 fully saturated rings. The molecule has 0 aromatic carbocycles. The molecule has 2 saturated carbocycles. The molecular formula is C19H26BN3O3S. The molecule has 0 unspecified atom stereocenters. The van der Waals surface area contributed by atoms with Crippen LogP contribution in [0.3, 0.4) is 0 Å². The lowest BCUT2D eigenvalue weighted by Crippen LogP contribution is -2.53. The van der Waals surface area contributed by atoms with Crippen LogP contribution in [-0.2, 0) is 14.8 Å². The zero-order valence-electron chi connectivity index (χ0n) is 16.0. The van der Waals surface area contributed by atoms with Gasteiger partial charge in [-0.2, -0.15) is 4.31 Å². The van der Waals surface area contributed by atoms with Gasteiger partial charge in [-0.05, 0) is 30.2 Å². The lowest BCUT2D eigenvalue weighted by molar-refractivity contribution is -0.128. The molecule has 27 heavy (non-hydrogen) atoms. The van der Waals surface area contributed by atoms with Crippen LogP contribution >= 0.6 is 0 Å². The summed E-state index contributed by atoms with van der Waals surface area (Å²) in [5.74, 6) is 1.25. The molecule has 0 spiro atoms. The summed E-state index contributed by atoms with van der Waals surface area (Å²) in [4.78, 5) is 19.1. The Labute approximate surface area is 162 Å². The molecule has 2 atom stereocenters. The Kier molecular flexibility index (Phi) is 4.42. The van der Waals surface area contributed by atoms with Gasteiger partial charge in [0.1, 0.15) is 19.4 Å². The molecule has 1 aromatic heterocycles. The number of fused-ring (bicyclic) bond motifs is 2. The SMILES string of the molecule is [B]c1ccc(N2CCN(S(=O)(=O)C[C@]34CC[C@H](CC3=O)C4(C)C)CC2)nc1. The van der Waals surface area contributed by atoms with Gasteiger partial charge in [0.2, 0.25) is 10.0 Å². The van der Waals surface area contributed by atoms with Gasteiger partial charge in [0, 0.05) is 44.2 Å². The molecular weight excluding hydrogens is 361 g/mol. The molecule has 144 valence electrons. The summed E-state index contributed by atoms with van der Waals surface area (Å²) < 4.78 is 27.9. The van der Waals surface area contributed by atoms with E-state index in [1.54, 1.807) is 16.6 Å². The summed E-state index contributed by atoms with van der Waals surface area (Å²) in [7, 11) is 2.20. The second kappa shape index (κ2) is 6.31. The fraction of sp³-hybridized carbons (Fsp3) is 0.684. The number of anilines is 1. The highest BCUT2D eigenvalue weighted by molar-refractivity contribution is 7.89. The van der Waals surface area contributed by atoms with Crippen molar-refractivity contribution in [3.63, 3.8) is 0 Å². The normalized spacial score (nSPS) is 30.8. The number of aromatic nitrogens is 1.